The Bertz CT molecular complexity index is 295. The minimum Gasteiger partial charge on any atom is -0.354 e. The van der Waals surface area contributed by atoms with Crippen molar-refractivity contribution in [3.8, 4) is 0 Å². The molecule has 1 amide bonds. The van der Waals surface area contributed by atoms with Gasteiger partial charge in [-0.25, -0.2) is 0 Å². The predicted molar refractivity (Wildman–Crippen MR) is 82.6 cm³/mol. The van der Waals surface area contributed by atoms with E-state index in [-0.39, 0.29) is 5.91 Å². The lowest BCUT2D eigenvalue weighted by atomic mass is 9.75. The first kappa shape index (κ1) is 15.3. The van der Waals surface area contributed by atoms with Gasteiger partial charge in [0.1, 0.15) is 0 Å². The summed E-state index contributed by atoms with van der Waals surface area (Å²) in [6.07, 6.45) is 9.19. The summed E-state index contributed by atoms with van der Waals surface area (Å²) in [6.45, 7) is 5.14. The van der Waals surface area contributed by atoms with E-state index < -0.39 is 0 Å². The van der Waals surface area contributed by atoms with Gasteiger partial charge < -0.3 is 10.2 Å². The quantitative estimate of drug-likeness (QED) is 0.804. The van der Waals surface area contributed by atoms with Crippen LogP contribution in [0.15, 0.2) is 0 Å². The molecule has 0 unspecified atom stereocenters. The fourth-order valence-electron chi connectivity index (χ4n) is 3.63. The van der Waals surface area contributed by atoms with Gasteiger partial charge in [0.05, 0.1) is 0 Å². The largest absolute Gasteiger partial charge is 0.354 e. The molecule has 110 valence electrons. The molecule has 4 heteroatoms. The van der Waals surface area contributed by atoms with Crippen LogP contribution in [0.5, 0.6) is 0 Å². The summed E-state index contributed by atoms with van der Waals surface area (Å²) in [4.78, 5) is 13.7. The van der Waals surface area contributed by atoms with Gasteiger partial charge in [0, 0.05) is 37.9 Å². The molecule has 2 aliphatic rings. The molecule has 0 radical (unpaired) electrons. The lowest BCUT2D eigenvalue weighted by Crippen LogP contribution is -2.48. The van der Waals surface area contributed by atoms with Crippen LogP contribution in [0.25, 0.3) is 0 Å². The molecule has 1 saturated carbocycles. The van der Waals surface area contributed by atoms with E-state index in [1.54, 1.807) is 6.92 Å². The van der Waals surface area contributed by atoms with Crippen LogP contribution in [0.1, 0.15) is 51.9 Å². The number of hydrogen-bond donors (Lipinski definition) is 1. The number of likely N-dealkylation sites (tertiary alicyclic amines) is 1. The molecule has 2 rings (SSSR count). The summed E-state index contributed by atoms with van der Waals surface area (Å²) in [6, 6.07) is 0.403. The lowest BCUT2D eigenvalue weighted by Gasteiger charge is -2.42. The molecule has 3 nitrogen and oxygen atoms in total. The van der Waals surface area contributed by atoms with Crippen molar-refractivity contribution in [2.45, 2.75) is 57.9 Å². The Balaban J connectivity index is 1.79. The number of piperidine rings is 1. The van der Waals surface area contributed by atoms with E-state index in [9.17, 15) is 4.79 Å². The number of carbonyl (C=O) groups excluding carboxylic acids is 1. The first-order chi connectivity index (χ1) is 9.13. The van der Waals surface area contributed by atoms with E-state index in [2.05, 4.69) is 26.1 Å². The Hall–Kier alpha value is -0.0900. The molecule has 0 spiro atoms. The summed E-state index contributed by atoms with van der Waals surface area (Å²) in [5.74, 6) is 0.114. The van der Waals surface area contributed by atoms with Gasteiger partial charge in [0.2, 0.25) is 5.91 Å². The zero-order valence-corrected chi connectivity index (χ0v) is 13.7. The SMILES string of the molecule is CC(=O)NC1CCN(CC2(CBr)CCCCC2)CC1. The van der Waals surface area contributed by atoms with E-state index in [1.165, 1.54) is 38.6 Å². The Labute approximate surface area is 125 Å². The lowest BCUT2D eigenvalue weighted by molar-refractivity contribution is -0.120. The van der Waals surface area contributed by atoms with Gasteiger partial charge in [-0.15, -0.1) is 0 Å². The molecular weight excluding hydrogens is 304 g/mol. The van der Waals surface area contributed by atoms with Crippen molar-refractivity contribution in [3.05, 3.63) is 0 Å². The van der Waals surface area contributed by atoms with E-state index >= 15 is 0 Å². The number of nitrogens with one attached hydrogen (secondary N) is 1. The van der Waals surface area contributed by atoms with Crippen LogP contribution in [0.2, 0.25) is 0 Å². The van der Waals surface area contributed by atoms with Crippen molar-refractivity contribution in [1.82, 2.24) is 10.2 Å². The van der Waals surface area contributed by atoms with Crippen LogP contribution in [-0.2, 0) is 4.79 Å². The zero-order chi connectivity index (χ0) is 13.7. The normalized spacial score (nSPS) is 25.2. The minimum atomic E-state index is 0.114. The zero-order valence-electron chi connectivity index (χ0n) is 12.1. The monoisotopic (exact) mass is 330 g/mol. The average Bonchev–Trinajstić information content (AvgIpc) is 2.41. The fourth-order valence-corrected chi connectivity index (χ4v) is 4.37. The van der Waals surface area contributed by atoms with E-state index in [1.807, 2.05) is 0 Å². The number of carbonyl (C=O) groups is 1. The van der Waals surface area contributed by atoms with Gasteiger partial charge in [0.25, 0.3) is 0 Å². The highest BCUT2D eigenvalue weighted by atomic mass is 79.9. The number of rotatable bonds is 4. The number of nitrogens with zero attached hydrogens (tertiary/aromatic N) is 1. The van der Waals surface area contributed by atoms with Gasteiger partial charge in [0.15, 0.2) is 0 Å². The second kappa shape index (κ2) is 7.07. The highest BCUT2D eigenvalue weighted by molar-refractivity contribution is 9.09. The maximum Gasteiger partial charge on any atom is 0.217 e. The van der Waals surface area contributed by atoms with Gasteiger partial charge in [-0.2, -0.15) is 0 Å². The molecule has 0 atom stereocenters. The van der Waals surface area contributed by atoms with Crippen LogP contribution in [0.4, 0.5) is 0 Å². The number of halogens is 1. The fraction of sp³-hybridized carbons (Fsp3) is 0.933. The second-order valence-electron chi connectivity index (χ2n) is 6.45. The van der Waals surface area contributed by atoms with Crippen LogP contribution >= 0.6 is 15.9 Å². The number of hydrogen-bond acceptors (Lipinski definition) is 2. The third kappa shape index (κ3) is 4.45. The molecule has 2 fully saturated rings. The van der Waals surface area contributed by atoms with Gasteiger partial charge >= 0.3 is 0 Å². The van der Waals surface area contributed by atoms with Crippen molar-refractivity contribution < 1.29 is 4.79 Å². The molecule has 19 heavy (non-hydrogen) atoms. The molecule has 1 aliphatic carbocycles. The molecule has 1 N–H and O–H groups in total. The van der Waals surface area contributed by atoms with Gasteiger partial charge in [-0.1, -0.05) is 35.2 Å². The second-order valence-corrected chi connectivity index (χ2v) is 7.01. The van der Waals surface area contributed by atoms with Crippen molar-refractivity contribution in [2.24, 2.45) is 5.41 Å². The van der Waals surface area contributed by atoms with Crippen LogP contribution < -0.4 is 5.32 Å². The third-order valence-corrected chi connectivity index (χ3v) is 5.94. The number of amides is 1. The minimum absolute atomic E-state index is 0.114. The van der Waals surface area contributed by atoms with Crippen LogP contribution in [0.3, 0.4) is 0 Å². The van der Waals surface area contributed by atoms with Gasteiger partial charge in [-0.05, 0) is 31.1 Å². The summed E-state index contributed by atoms with van der Waals surface area (Å²) in [5, 5.41) is 4.20. The van der Waals surface area contributed by atoms with E-state index in [0.29, 0.717) is 11.5 Å². The molecular formula is C15H27BrN2O. The summed E-state index contributed by atoms with van der Waals surface area (Å²) >= 11 is 3.76. The highest BCUT2D eigenvalue weighted by Gasteiger charge is 2.34. The first-order valence-corrected chi connectivity index (χ1v) is 8.81. The Morgan fingerprint density at radius 3 is 2.42 bits per heavy atom. The smallest absolute Gasteiger partial charge is 0.217 e. The van der Waals surface area contributed by atoms with E-state index in [0.717, 1.165) is 31.3 Å². The first-order valence-electron chi connectivity index (χ1n) is 7.69. The molecule has 0 aromatic rings. The summed E-state index contributed by atoms with van der Waals surface area (Å²) < 4.78 is 0. The Kier molecular flexibility index (Phi) is 5.70. The van der Waals surface area contributed by atoms with Crippen molar-refractivity contribution in [2.75, 3.05) is 25.0 Å². The molecule has 0 aromatic carbocycles. The predicted octanol–water partition coefficient (Wildman–Crippen LogP) is 2.93. The highest BCUT2D eigenvalue weighted by Crippen LogP contribution is 2.39. The molecule has 1 saturated heterocycles. The van der Waals surface area contributed by atoms with Crippen LogP contribution in [0, 0.1) is 5.41 Å². The third-order valence-electron chi connectivity index (χ3n) is 4.75. The molecule has 1 aliphatic heterocycles. The molecule has 1 heterocycles. The van der Waals surface area contributed by atoms with Crippen molar-refractivity contribution >= 4 is 21.8 Å². The maximum atomic E-state index is 11.1. The van der Waals surface area contributed by atoms with Crippen molar-refractivity contribution in [1.29, 1.82) is 0 Å². The average molecular weight is 331 g/mol. The molecule has 0 bridgehead atoms. The summed E-state index contributed by atoms with van der Waals surface area (Å²) in [7, 11) is 0. The van der Waals surface area contributed by atoms with Gasteiger partial charge in [-0.3, -0.25) is 4.79 Å². The maximum absolute atomic E-state index is 11.1. The Morgan fingerprint density at radius 1 is 1.26 bits per heavy atom. The standard InChI is InChI=1S/C15H27BrN2O/c1-13(19)17-14-5-9-18(10-6-14)12-15(11-16)7-3-2-4-8-15/h14H,2-12H2,1H3,(H,17,19). The van der Waals surface area contributed by atoms with E-state index in [4.69, 9.17) is 0 Å². The van der Waals surface area contributed by atoms with Crippen LogP contribution in [-0.4, -0.2) is 41.8 Å². The topological polar surface area (TPSA) is 32.3 Å². The van der Waals surface area contributed by atoms with Crippen molar-refractivity contribution in [3.63, 3.8) is 0 Å². The Morgan fingerprint density at radius 2 is 1.89 bits per heavy atom. The number of alkyl halides is 1. The molecule has 0 aromatic heterocycles. The summed E-state index contributed by atoms with van der Waals surface area (Å²) in [5.41, 5.74) is 0.513.